The molecule has 0 saturated carbocycles. The first kappa shape index (κ1) is 15.6. The largest absolute Gasteiger partial charge is 0.0840 e. The van der Waals surface area contributed by atoms with Crippen LogP contribution in [0.2, 0.25) is 5.02 Å². The van der Waals surface area contributed by atoms with E-state index in [1.54, 1.807) is 0 Å². The van der Waals surface area contributed by atoms with Crippen molar-refractivity contribution in [1.29, 1.82) is 0 Å². The van der Waals surface area contributed by atoms with Crippen LogP contribution in [0.3, 0.4) is 0 Å². The Labute approximate surface area is 135 Å². The van der Waals surface area contributed by atoms with Crippen molar-refractivity contribution in [3.8, 4) is 0 Å². The van der Waals surface area contributed by atoms with Gasteiger partial charge < -0.3 is 0 Å². The van der Waals surface area contributed by atoms with E-state index in [2.05, 4.69) is 74.0 Å². The second-order valence-electron chi connectivity index (χ2n) is 5.56. The van der Waals surface area contributed by atoms with E-state index in [0.717, 1.165) is 11.4 Å². The van der Waals surface area contributed by atoms with Crippen LogP contribution in [-0.2, 0) is 6.42 Å². The maximum Gasteiger partial charge on any atom is 0.0452 e. The number of rotatable bonds is 3. The van der Waals surface area contributed by atoms with Gasteiger partial charge in [0.25, 0.3) is 0 Å². The van der Waals surface area contributed by atoms with Gasteiger partial charge in [0.2, 0.25) is 0 Å². The molecule has 0 aromatic heterocycles. The zero-order chi connectivity index (χ0) is 14.9. The lowest BCUT2D eigenvalue weighted by molar-refractivity contribution is 0.933. The summed E-state index contributed by atoms with van der Waals surface area (Å²) in [6.07, 6.45) is 0.954. The van der Waals surface area contributed by atoms with E-state index in [4.69, 9.17) is 11.6 Å². The first-order chi connectivity index (χ1) is 9.38. The second kappa shape index (κ2) is 6.32. The maximum atomic E-state index is 6.40. The van der Waals surface area contributed by atoms with Crippen LogP contribution in [-0.4, -0.2) is 0 Å². The molecule has 0 aliphatic heterocycles. The van der Waals surface area contributed by atoms with Gasteiger partial charge in [-0.15, -0.1) is 0 Å². The van der Waals surface area contributed by atoms with E-state index < -0.39 is 0 Å². The molecule has 2 aromatic rings. The normalized spacial score (nSPS) is 12.5. The van der Waals surface area contributed by atoms with Crippen LogP contribution in [0.1, 0.15) is 38.2 Å². The van der Waals surface area contributed by atoms with Gasteiger partial charge in [0.1, 0.15) is 0 Å². The standard InChI is InChI=1S/C18H20BrCl/c1-11-5-6-12(2)15(7-11)10-17(19)16-8-13(3)14(4)9-18(16)20/h5-9,17H,10H2,1-4H3. The minimum absolute atomic E-state index is 0.245. The summed E-state index contributed by atoms with van der Waals surface area (Å²) in [6.45, 7) is 8.53. The molecule has 0 N–H and O–H groups in total. The molecule has 0 aliphatic rings. The lowest BCUT2D eigenvalue weighted by Gasteiger charge is -2.16. The summed E-state index contributed by atoms with van der Waals surface area (Å²) in [5.41, 5.74) is 7.72. The van der Waals surface area contributed by atoms with Gasteiger partial charge in [0.15, 0.2) is 0 Å². The van der Waals surface area contributed by atoms with Gasteiger partial charge in [-0.1, -0.05) is 57.4 Å². The quantitative estimate of drug-likeness (QED) is 0.573. The second-order valence-corrected chi connectivity index (χ2v) is 7.07. The molecular formula is C18H20BrCl. The molecule has 20 heavy (non-hydrogen) atoms. The van der Waals surface area contributed by atoms with E-state index in [1.807, 2.05) is 0 Å². The minimum atomic E-state index is 0.245. The average molecular weight is 352 g/mol. The van der Waals surface area contributed by atoms with Gasteiger partial charge in [-0.25, -0.2) is 0 Å². The summed E-state index contributed by atoms with van der Waals surface area (Å²) in [7, 11) is 0. The Kier molecular flexibility index (Phi) is 4.93. The van der Waals surface area contributed by atoms with Crippen molar-refractivity contribution in [3.63, 3.8) is 0 Å². The first-order valence-corrected chi connectivity index (χ1v) is 8.14. The van der Waals surface area contributed by atoms with Crippen LogP contribution < -0.4 is 0 Å². The van der Waals surface area contributed by atoms with Crippen molar-refractivity contribution < 1.29 is 0 Å². The zero-order valence-corrected chi connectivity index (χ0v) is 14.8. The highest BCUT2D eigenvalue weighted by molar-refractivity contribution is 9.09. The van der Waals surface area contributed by atoms with Crippen molar-refractivity contribution in [3.05, 3.63) is 68.7 Å². The minimum Gasteiger partial charge on any atom is -0.0840 e. The fourth-order valence-corrected chi connectivity index (χ4v) is 3.58. The molecule has 0 spiro atoms. The van der Waals surface area contributed by atoms with E-state index in [-0.39, 0.29) is 4.83 Å². The molecule has 0 amide bonds. The van der Waals surface area contributed by atoms with Crippen molar-refractivity contribution in [2.24, 2.45) is 0 Å². The number of halogens is 2. The van der Waals surface area contributed by atoms with E-state index in [1.165, 1.54) is 33.4 Å². The van der Waals surface area contributed by atoms with Gasteiger partial charge in [-0.3, -0.25) is 0 Å². The van der Waals surface area contributed by atoms with Crippen molar-refractivity contribution in [2.45, 2.75) is 38.9 Å². The Morgan fingerprint density at radius 3 is 2.30 bits per heavy atom. The summed E-state index contributed by atoms with van der Waals surface area (Å²) in [4.78, 5) is 0.245. The van der Waals surface area contributed by atoms with Gasteiger partial charge in [0.05, 0.1) is 0 Å². The van der Waals surface area contributed by atoms with Crippen molar-refractivity contribution in [2.75, 3.05) is 0 Å². The van der Waals surface area contributed by atoms with E-state index in [9.17, 15) is 0 Å². The SMILES string of the molecule is Cc1ccc(C)c(CC(Br)c2cc(C)c(C)cc2Cl)c1. The topological polar surface area (TPSA) is 0 Å². The highest BCUT2D eigenvalue weighted by atomic mass is 79.9. The Morgan fingerprint density at radius 2 is 1.60 bits per heavy atom. The highest BCUT2D eigenvalue weighted by Gasteiger charge is 2.14. The summed E-state index contributed by atoms with van der Waals surface area (Å²) in [6, 6.07) is 10.9. The molecule has 1 atom stereocenters. The smallest absolute Gasteiger partial charge is 0.0452 e. The fourth-order valence-electron chi connectivity index (χ4n) is 2.37. The van der Waals surface area contributed by atoms with Crippen LogP contribution in [0.15, 0.2) is 30.3 Å². The number of benzene rings is 2. The predicted molar refractivity (Wildman–Crippen MR) is 92.2 cm³/mol. The number of alkyl halides is 1. The molecule has 106 valence electrons. The zero-order valence-electron chi connectivity index (χ0n) is 12.4. The molecule has 2 aromatic carbocycles. The molecule has 2 heteroatoms. The highest BCUT2D eigenvalue weighted by Crippen LogP contribution is 2.34. The first-order valence-electron chi connectivity index (χ1n) is 6.85. The van der Waals surface area contributed by atoms with Crippen LogP contribution in [0.4, 0.5) is 0 Å². The monoisotopic (exact) mass is 350 g/mol. The molecular weight excluding hydrogens is 332 g/mol. The summed E-state index contributed by atoms with van der Waals surface area (Å²) in [5, 5.41) is 0.847. The lowest BCUT2D eigenvalue weighted by Crippen LogP contribution is -2.00. The molecule has 0 bridgehead atoms. The number of hydrogen-bond donors (Lipinski definition) is 0. The third-order valence-electron chi connectivity index (χ3n) is 3.85. The molecule has 0 heterocycles. The van der Waals surface area contributed by atoms with Crippen LogP contribution >= 0.6 is 27.5 Å². The van der Waals surface area contributed by atoms with Crippen LogP contribution in [0, 0.1) is 27.7 Å². The van der Waals surface area contributed by atoms with Gasteiger partial charge in [0, 0.05) is 9.85 Å². The molecule has 0 nitrogen and oxygen atoms in total. The number of hydrogen-bond acceptors (Lipinski definition) is 0. The van der Waals surface area contributed by atoms with E-state index in [0.29, 0.717) is 0 Å². The third kappa shape index (κ3) is 3.45. The molecule has 1 unspecified atom stereocenters. The summed E-state index contributed by atoms with van der Waals surface area (Å²) in [5.74, 6) is 0. The number of aryl methyl sites for hydroxylation is 4. The third-order valence-corrected chi connectivity index (χ3v) is 5.00. The van der Waals surface area contributed by atoms with Crippen molar-refractivity contribution in [1.82, 2.24) is 0 Å². The molecule has 2 rings (SSSR count). The Hall–Kier alpha value is -0.790. The van der Waals surface area contributed by atoms with E-state index >= 15 is 0 Å². The average Bonchev–Trinajstić information content (AvgIpc) is 2.38. The van der Waals surface area contributed by atoms with Crippen LogP contribution in [0.5, 0.6) is 0 Å². The van der Waals surface area contributed by atoms with Gasteiger partial charge >= 0.3 is 0 Å². The molecule has 0 fully saturated rings. The maximum absolute atomic E-state index is 6.40. The summed E-state index contributed by atoms with van der Waals surface area (Å²) < 4.78 is 0. The Bertz CT molecular complexity index is 632. The molecule has 0 aliphatic carbocycles. The van der Waals surface area contributed by atoms with Crippen molar-refractivity contribution >= 4 is 27.5 Å². The molecule has 0 saturated heterocycles. The fraction of sp³-hybridized carbons (Fsp3) is 0.333. The van der Waals surface area contributed by atoms with Gasteiger partial charge in [-0.2, -0.15) is 0 Å². The summed E-state index contributed by atoms with van der Waals surface area (Å²) >= 11 is 10.2. The molecule has 0 radical (unpaired) electrons. The van der Waals surface area contributed by atoms with Crippen LogP contribution in [0.25, 0.3) is 0 Å². The van der Waals surface area contributed by atoms with Gasteiger partial charge in [-0.05, 0) is 68.0 Å². The Morgan fingerprint density at radius 1 is 0.950 bits per heavy atom. The lowest BCUT2D eigenvalue weighted by atomic mass is 9.97. The Balaban J connectivity index is 2.30. The predicted octanol–water partition coefficient (Wildman–Crippen LogP) is 6.25.